The van der Waals surface area contributed by atoms with Crippen LogP contribution in [-0.2, 0) is 30.3 Å². The topological polar surface area (TPSA) is 172 Å². The highest BCUT2D eigenvalue weighted by molar-refractivity contribution is 5.98. The summed E-state index contributed by atoms with van der Waals surface area (Å²) in [5.74, 6) is -0.929. The van der Waals surface area contributed by atoms with E-state index in [1.165, 1.54) is 12.7 Å². The number of esters is 1. The highest BCUT2D eigenvalue weighted by Crippen LogP contribution is 2.67. The lowest BCUT2D eigenvalue weighted by molar-refractivity contribution is -0.170. The number of carboxylic acid groups (broad SMARTS) is 1. The maximum Gasteiger partial charge on any atom is 0.352 e. The molecule has 4 aliphatic rings. The highest BCUT2D eigenvalue weighted by Gasteiger charge is 2.66. The SMILES string of the molecule is COc1ccc2[nH]c(C(=O)O)c(CCNC(=O)CCC(=O)OCC(=O)[C@@]3(O)CC[C@H]4[C@@H]5CCC6=CC(=O)CC[C@]6(C)[C@H]5CC[C@@]43C)c2c1. The van der Waals surface area contributed by atoms with Gasteiger partial charge >= 0.3 is 11.9 Å². The molecule has 1 amide bonds. The summed E-state index contributed by atoms with van der Waals surface area (Å²) in [6.45, 7) is 3.94. The molecular weight excluding hydrogens is 616 g/mol. The van der Waals surface area contributed by atoms with Crippen molar-refractivity contribution in [2.45, 2.75) is 90.1 Å². The van der Waals surface area contributed by atoms with E-state index in [1.54, 1.807) is 18.2 Å². The van der Waals surface area contributed by atoms with Gasteiger partial charge < -0.3 is 30.0 Å². The Hall–Kier alpha value is -3.99. The number of carbonyl (C=O) groups is 5. The Morgan fingerprint density at radius 3 is 2.54 bits per heavy atom. The van der Waals surface area contributed by atoms with Crippen LogP contribution in [0.25, 0.3) is 10.9 Å². The molecule has 0 spiro atoms. The van der Waals surface area contributed by atoms with Crippen LogP contribution in [0.1, 0.15) is 94.1 Å². The summed E-state index contributed by atoms with van der Waals surface area (Å²) in [7, 11) is 1.52. The number of hydrogen-bond acceptors (Lipinski definition) is 8. The van der Waals surface area contributed by atoms with E-state index in [-0.39, 0.29) is 48.6 Å². The molecule has 1 heterocycles. The lowest BCUT2D eigenvalue weighted by atomic mass is 9.46. The third-order valence-electron chi connectivity index (χ3n) is 12.5. The lowest BCUT2D eigenvalue weighted by Crippen LogP contribution is -2.58. The van der Waals surface area contributed by atoms with Crippen LogP contribution in [-0.4, -0.2) is 70.5 Å². The number of H-pyrrole nitrogens is 1. The van der Waals surface area contributed by atoms with Crippen LogP contribution in [0.3, 0.4) is 0 Å². The van der Waals surface area contributed by atoms with Gasteiger partial charge in [0, 0.05) is 35.7 Å². The van der Waals surface area contributed by atoms with Gasteiger partial charge in [0.1, 0.15) is 17.0 Å². The minimum absolute atomic E-state index is 0.00331. The summed E-state index contributed by atoms with van der Waals surface area (Å²) in [4.78, 5) is 65.4. The molecule has 48 heavy (non-hydrogen) atoms. The standard InChI is InChI=1S/C37H46N2O9/c1-35-14-10-22(40)18-21(35)4-6-25-27(35)11-15-36(2)28(25)12-16-37(36,46)30(41)20-48-32(43)9-8-31(42)38-17-13-24-26-19-23(47-3)5-7-29(26)39-33(24)34(44)45/h5,7,18-19,25,27-28,39,46H,4,6,8-17,20H2,1-3H3,(H,38,42)(H,44,45)/t25-,27+,28+,35+,36+,37+/m1/s1. The molecule has 0 aliphatic heterocycles. The Labute approximate surface area is 279 Å². The summed E-state index contributed by atoms with van der Waals surface area (Å²) in [5.41, 5.74) is 0.293. The fourth-order valence-electron chi connectivity index (χ4n) is 9.80. The first-order chi connectivity index (χ1) is 22.8. The average molecular weight is 663 g/mol. The molecule has 6 atom stereocenters. The van der Waals surface area contributed by atoms with Crippen molar-refractivity contribution < 1.29 is 43.7 Å². The molecule has 1 aromatic heterocycles. The molecule has 258 valence electrons. The Bertz CT molecular complexity index is 1690. The summed E-state index contributed by atoms with van der Waals surface area (Å²) in [6, 6.07) is 5.20. The van der Waals surface area contributed by atoms with Crippen molar-refractivity contribution in [1.82, 2.24) is 10.3 Å². The Kier molecular flexibility index (Phi) is 9.04. The average Bonchev–Trinajstić information content (AvgIpc) is 3.57. The van der Waals surface area contributed by atoms with E-state index >= 15 is 0 Å². The Balaban J connectivity index is 0.990. The van der Waals surface area contributed by atoms with Crippen molar-refractivity contribution in [3.8, 4) is 5.75 Å². The second-order valence-electron chi connectivity index (χ2n) is 14.7. The van der Waals surface area contributed by atoms with E-state index in [1.807, 2.05) is 13.0 Å². The molecule has 6 rings (SSSR count). The van der Waals surface area contributed by atoms with Crippen molar-refractivity contribution in [3.05, 3.63) is 41.1 Å². The zero-order valence-electron chi connectivity index (χ0n) is 28.0. The van der Waals surface area contributed by atoms with Gasteiger partial charge in [-0.3, -0.25) is 19.2 Å². The third kappa shape index (κ3) is 5.73. The van der Waals surface area contributed by atoms with E-state index in [4.69, 9.17) is 9.47 Å². The number of nitrogens with one attached hydrogen (secondary N) is 2. The summed E-state index contributed by atoms with van der Waals surface area (Å²) >= 11 is 0. The van der Waals surface area contributed by atoms with E-state index in [0.717, 1.165) is 32.1 Å². The summed E-state index contributed by atoms with van der Waals surface area (Å²) in [6.07, 6.45) is 7.67. The largest absolute Gasteiger partial charge is 0.497 e. The molecule has 0 unspecified atom stereocenters. The molecule has 2 aromatic rings. The number of ether oxygens (including phenoxy) is 2. The normalized spacial score (nSPS) is 30.9. The van der Waals surface area contributed by atoms with Crippen LogP contribution < -0.4 is 10.1 Å². The number of carboxylic acids is 1. The molecule has 11 heteroatoms. The molecule has 11 nitrogen and oxygen atoms in total. The Morgan fingerprint density at radius 2 is 1.79 bits per heavy atom. The number of fused-ring (bicyclic) bond motifs is 6. The van der Waals surface area contributed by atoms with Gasteiger partial charge in [0.15, 0.2) is 12.4 Å². The first-order valence-corrected chi connectivity index (χ1v) is 17.1. The van der Waals surface area contributed by atoms with Crippen LogP contribution in [0, 0.1) is 28.6 Å². The van der Waals surface area contributed by atoms with Gasteiger partial charge in [-0.2, -0.15) is 0 Å². The van der Waals surface area contributed by atoms with E-state index < -0.39 is 41.3 Å². The van der Waals surface area contributed by atoms with Gasteiger partial charge in [-0.05, 0) is 104 Å². The molecular formula is C37H46N2O9. The molecule has 3 fully saturated rings. The van der Waals surface area contributed by atoms with Gasteiger partial charge in [-0.1, -0.05) is 19.4 Å². The van der Waals surface area contributed by atoms with Gasteiger partial charge in [0.25, 0.3) is 0 Å². The number of carbonyl (C=O) groups excluding carboxylic acids is 4. The van der Waals surface area contributed by atoms with Gasteiger partial charge in [0.05, 0.1) is 13.5 Å². The van der Waals surface area contributed by atoms with Crippen molar-refractivity contribution in [1.29, 1.82) is 0 Å². The number of rotatable bonds is 11. The van der Waals surface area contributed by atoms with Crippen molar-refractivity contribution >= 4 is 40.3 Å². The molecule has 0 bridgehead atoms. The number of methoxy groups -OCH3 is 1. The second-order valence-corrected chi connectivity index (χ2v) is 14.7. The zero-order chi connectivity index (χ0) is 34.4. The monoisotopic (exact) mass is 662 g/mol. The van der Waals surface area contributed by atoms with E-state index in [2.05, 4.69) is 17.2 Å². The molecule has 0 saturated heterocycles. The number of aliphatic hydroxyl groups is 1. The van der Waals surface area contributed by atoms with Crippen LogP contribution in [0.5, 0.6) is 5.75 Å². The number of allylic oxidation sites excluding steroid dienone is 1. The van der Waals surface area contributed by atoms with Crippen molar-refractivity contribution in [3.63, 3.8) is 0 Å². The number of hydrogen-bond donors (Lipinski definition) is 4. The number of aromatic nitrogens is 1. The van der Waals surface area contributed by atoms with E-state index in [9.17, 15) is 34.2 Å². The van der Waals surface area contributed by atoms with Crippen LogP contribution in [0.2, 0.25) is 0 Å². The smallest absolute Gasteiger partial charge is 0.352 e. The predicted molar refractivity (Wildman–Crippen MR) is 175 cm³/mol. The first kappa shape index (κ1) is 33.9. The lowest BCUT2D eigenvalue weighted by Gasteiger charge is -2.58. The number of benzene rings is 1. The molecule has 4 N–H and O–H groups in total. The quantitative estimate of drug-likeness (QED) is 0.249. The zero-order valence-corrected chi connectivity index (χ0v) is 28.0. The highest BCUT2D eigenvalue weighted by atomic mass is 16.5. The molecule has 0 radical (unpaired) electrons. The summed E-state index contributed by atoms with van der Waals surface area (Å²) in [5, 5.41) is 24.9. The minimum Gasteiger partial charge on any atom is -0.497 e. The number of ketones is 2. The fourth-order valence-corrected chi connectivity index (χ4v) is 9.80. The Morgan fingerprint density at radius 1 is 1.02 bits per heavy atom. The number of amides is 1. The number of aromatic carboxylic acids is 1. The molecule has 1 aromatic carbocycles. The third-order valence-corrected chi connectivity index (χ3v) is 12.5. The van der Waals surface area contributed by atoms with Crippen LogP contribution in [0.4, 0.5) is 0 Å². The van der Waals surface area contributed by atoms with Crippen LogP contribution in [0.15, 0.2) is 29.8 Å². The first-order valence-electron chi connectivity index (χ1n) is 17.1. The van der Waals surface area contributed by atoms with Gasteiger partial charge in [-0.15, -0.1) is 0 Å². The number of Topliss-reactive ketones (excluding diaryl/α,β-unsaturated/α-hetero) is 1. The maximum atomic E-state index is 13.5. The maximum absolute atomic E-state index is 13.5. The minimum atomic E-state index is -1.58. The molecule has 4 aliphatic carbocycles. The molecule has 3 saturated carbocycles. The second kappa shape index (κ2) is 12.8. The number of aromatic amines is 1. The van der Waals surface area contributed by atoms with Crippen molar-refractivity contribution in [2.75, 3.05) is 20.3 Å². The summed E-state index contributed by atoms with van der Waals surface area (Å²) < 4.78 is 10.5. The van der Waals surface area contributed by atoms with E-state index in [0.29, 0.717) is 53.3 Å². The van der Waals surface area contributed by atoms with Crippen LogP contribution >= 0.6 is 0 Å². The fraction of sp³-hybridized carbons (Fsp3) is 0.595. The van der Waals surface area contributed by atoms with Gasteiger partial charge in [0.2, 0.25) is 11.7 Å². The van der Waals surface area contributed by atoms with Crippen molar-refractivity contribution in [2.24, 2.45) is 28.6 Å². The van der Waals surface area contributed by atoms with Gasteiger partial charge in [-0.25, -0.2) is 4.79 Å². The predicted octanol–water partition coefficient (Wildman–Crippen LogP) is 4.69.